The average Bonchev–Trinajstić information content (AvgIpc) is 3.46. The first-order valence-corrected chi connectivity index (χ1v) is 11.0. The third kappa shape index (κ3) is 3.61. The van der Waals surface area contributed by atoms with Gasteiger partial charge in [-0.1, -0.05) is 41.6 Å². The number of aromatic nitrogens is 4. The second-order valence-electron chi connectivity index (χ2n) is 6.73. The first-order valence-electron chi connectivity index (χ1n) is 9.11. The van der Waals surface area contributed by atoms with Crippen LogP contribution in [0.15, 0.2) is 53.0 Å². The molecule has 1 aliphatic heterocycles. The summed E-state index contributed by atoms with van der Waals surface area (Å²) in [5.41, 5.74) is 4.35. The molecule has 0 N–H and O–H groups in total. The smallest absolute Gasteiger partial charge is 0.231 e. The highest BCUT2D eigenvalue weighted by Gasteiger charge is 2.16. The van der Waals surface area contributed by atoms with Gasteiger partial charge in [0.05, 0.1) is 5.69 Å². The number of hydrogen-bond acceptors (Lipinski definition) is 7. The van der Waals surface area contributed by atoms with Gasteiger partial charge in [0, 0.05) is 29.3 Å². The Kier molecular flexibility index (Phi) is 4.73. The summed E-state index contributed by atoms with van der Waals surface area (Å²) in [6.07, 6.45) is 0. The highest BCUT2D eigenvalue weighted by molar-refractivity contribution is 7.98. The van der Waals surface area contributed by atoms with Crippen LogP contribution in [0.5, 0.6) is 11.5 Å². The van der Waals surface area contributed by atoms with E-state index in [4.69, 9.17) is 14.5 Å². The second-order valence-corrected chi connectivity index (χ2v) is 8.53. The molecule has 3 heterocycles. The van der Waals surface area contributed by atoms with E-state index in [1.165, 1.54) is 5.56 Å². The van der Waals surface area contributed by atoms with Gasteiger partial charge in [0.2, 0.25) is 6.79 Å². The molecule has 0 radical (unpaired) electrons. The lowest BCUT2D eigenvalue weighted by Gasteiger charge is -2.03. The van der Waals surface area contributed by atoms with Crippen molar-refractivity contribution in [2.24, 2.45) is 7.05 Å². The molecule has 2 aromatic carbocycles. The van der Waals surface area contributed by atoms with Crippen molar-refractivity contribution < 1.29 is 9.47 Å². The molecule has 0 amide bonds. The van der Waals surface area contributed by atoms with Crippen molar-refractivity contribution in [2.75, 3.05) is 6.79 Å². The van der Waals surface area contributed by atoms with Crippen molar-refractivity contribution in [3.05, 3.63) is 59.1 Å². The monoisotopic (exact) mass is 422 g/mol. The number of thioether (sulfide) groups is 1. The van der Waals surface area contributed by atoms with E-state index in [0.717, 1.165) is 50.1 Å². The quantitative estimate of drug-likeness (QED) is 0.425. The topological polar surface area (TPSA) is 62.1 Å². The van der Waals surface area contributed by atoms with E-state index in [9.17, 15) is 0 Å². The molecule has 0 bridgehead atoms. The van der Waals surface area contributed by atoms with Crippen LogP contribution in [-0.4, -0.2) is 26.5 Å². The Morgan fingerprint density at radius 3 is 2.69 bits per heavy atom. The van der Waals surface area contributed by atoms with Crippen molar-refractivity contribution in [3.8, 4) is 33.5 Å². The fraction of sp³-hybridized carbons (Fsp3) is 0.190. The Bertz CT molecular complexity index is 1170. The van der Waals surface area contributed by atoms with Gasteiger partial charge < -0.3 is 14.0 Å². The molecule has 146 valence electrons. The van der Waals surface area contributed by atoms with Crippen molar-refractivity contribution in [1.29, 1.82) is 0 Å². The predicted octanol–water partition coefficient (Wildman–Crippen LogP) is 4.94. The maximum atomic E-state index is 5.46. The largest absolute Gasteiger partial charge is 0.454 e. The highest BCUT2D eigenvalue weighted by atomic mass is 32.2. The van der Waals surface area contributed by atoms with E-state index in [0.29, 0.717) is 0 Å². The van der Waals surface area contributed by atoms with Crippen molar-refractivity contribution >= 4 is 23.1 Å². The van der Waals surface area contributed by atoms with Crippen molar-refractivity contribution in [1.82, 2.24) is 19.7 Å². The van der Waals surface area contributed by atoms with Gasteiger partial charge in [-0.25, -0.2) is 4.98 Å². The third-order valence-corrected chi connectivity index (χ3v) is 6.66. The molecule has 8 heteroatoms. The standard InChI is InChI=1S/C21H18N4O2S2/c1-13-3-5-14(6-4-13)19-23-24-21(25(19)2)29-11-16-10-28-20(22-16)15-7-8-17-18(9-15)27-12-26-17/h3-10H,11-12H2,1-2H3. The van der Waals surface area contributed by atoms with E-state index in [1.807, 2.05) is 29.8 Å². The fourth-order valence-corrected chi connectivity index (χ4v) is 4.79. The van der Waals surface area contributed by atoms with Gasteiger partial charge in [-0.3, -0.25) is 0 Å². The lowest BCUT2D eigenvalue weighted by Crippen LogP contribution is -1.95. The predicted molar refractivity (Wildman–Crippen MR) is 114 cm³/mol. The summed E-state index contributed by atoms with van der Waals surface area (Å²) in [6, 6.07) is 14.2. The number of fused-ring (bicyclic) bond motifs is 1. The van der Waals surface area contributed by atoms with E-state index >= 15 is 0 Å². The number of hydrogen-bond donors (Lipinski definition) is 0. The number of ether oxygens (including phenoxy) is 2. The minimum absolute atomic E-state index is 0.279. The summed E-state index contributed by atoms with van der Waals surface area (Å²) < 4.78 is 12.9. The normalized spacial score (nSPS) is 12.5. The summed E-state index contributed by atoms with van der Waals surface area (Å²) in [4.78, 5) is 4.77. The molecule has 0 saturated heterocycles. The van der Waals surface area contributed by atoms with Crippen LogP contribution in [0.4, 0.5) is 0 Å². The minimum atomic E-state index is 0.279. The third-order valence-electron chi connectivity index (χ3n) is 4.67. The summed E-state index contributed by atoms with van der Waals surface area (Å²) in [7, 11) is 2.00. The Balaban J connectivity index is 1.30. The van der Waals surface area contributed by atoms with Gasteiger partial charge in [-0.15, -0.1) is 21.5 Å². The number of thiazole rings is 1. The number of benzene rings is 2. The second kappa shape index (κ2) is 7.53. The first kappa shape index (κ1) is 18.2. The molecule has 5 rings (SSSR count). The Morgan fingerprint density at radius 1 is 1.03 bits per heavy atom. The Labute approximate surface area is 176 Å². The van der Waals surface area contributed by atoms with Crippen LogP contribution in [-0.2, 0) is 12.8 Å². The maximum absolute atomic E-state index is 5.46. The van der Waals surface area contributed by atoms with Gasteiger partial charge in [0.1, 0.15) is 5.01 Å². The Hall–Kier alpha value is -2.84. The SMILES string of the molecule is Cc1ccc(-c2nnc(SCc3csc(-c4ccc5c(c4)OCO5)n3)n2C)cc1. The average molecular weight is 423 g/mol. The van der Waals surface area contributed by atoms with Crippen molar-refractivity contribution in [3.63, 3.8) is 0 Å². The fourth-order valence-electron chi connectivity index (χ4n) is 3.07. The zero-order valence-electron chi connectivity index (χ0n) is 16.0. The van der Waals surface area contributed by atoms with Gasteiger partial charge in [0.25, 0.3) is 0 Å². The highest BCUT2D eigenvalue weighted by Crippen LogP contribution is 2.37. The number of aryl methyl sites for hydroxylation is 1. The zero-order chi connectivity index (χ0) is 19.8. The van der Waals surface area contributed by atoms with Crippen LogP contribution in [0, 0.1) is 6.92 Å². The molecule has 0 aliphatic carbocycles. The summed E-state index contributed by atoms with van der Waals surface area (Å²) >= 11 is 3.26. The molecule has 0 unspecified atom stereocenters. The molecule has 1 aliphatic rings. The Morgan fingerprint density at radius 2 is 1.83 bits per heavy atom. The minimum Gasteiger partial charge on any atom is -0.454 e. The molecule has 0 saturated carbocycles. The zero-order valence-corrected chi connectivity index (χ0v) is 17.6. The number of nitrogens with zero attached hydrogens (tertiary/aromatic N) is 4. The summed E-state index contributed by atoms with van der Waals surface area (Å²) in [5.74, 6) is 3.16. The number of rotatable bonds is 5. The molecule has 2 aromatic heterocycles. The van der Waals surface area contributed by atoms with E-state index in [-0.39, 0.29) is 6.79 Å². The van der Waals surface area contributed by atoms with Crippen molar-refractivity contribution in [2.45, 2.75) is 17.8 Å². The molecule has 6 nitrogen and oxygen atoms in total. The van der Waals surface area contributed by atoms with Crippen LogP contribution in [0.25, 0.3) is 22.0 Å². The lowest BCUT2D eigenvalue weighted by molar-refractivity contribution is 0.174. The molecule has 4 aromatic rings. The van der Waals surface area contributed by atoms with Crippen LogP contribution in [0.2, 0.25) is 0 Å². The molecule has 0 atom stereocenters. The molecule has 29 heavy (non-hydrogen) atoms. The lowest BCUT2D eigenvalue weighted by atomic mass is 10.1. The van der Waals surface area contributed by atoms with Gasteiger partial charge in [0.15, 0.2) is 22.5 Å². The van der Waals surface area contributed by atoms with Gasteiger partial charge in [-0.05, 0) is 25.1 Å². The molecular formula is C21H18N4O2S2. The van der Waals surface area contributed by atoms with Crippen LogP contribution in [0.3, 0.4) is 0 Å². The molecular weight excluding hydrogens is 404 g/mol. The summed E-state index contributed by atoms with van der Waals surface area (Å²) in [5, 5.41) is 12.6. The molecule has 0 spiro atoms. The van der Waals surface area contributed by atoms with Crippen LogP contribution >= 0.6 is 23.1 Å². The molecule has 0 fully saturated rings. The van der Waals surface area contributed by atoms with E-state index < -0.39 is 0 Å². The first-order chi connectivity index (χ1) is 14.2. The van der Waals surface area contributed by atoms with Crippen LogP contribution in [0.1, 0.15) is 11.3 Å². The maximum Gasteiger partial charge on any atom is 0.231 e. The van der Waals surface area contributed by atoms with E-state index in [1.54, 1.807) is 23.1 Å². The van der Waals surface area contributed by atoms with E-state index in [2.05, 4.69) is 46.8 Å². The van der Waals surface area contributed by atoms with Gasteiger partial charge in [-0.2, -0.15) is 0 Å². The summed E-state index contributed by atoms with van der Waals surface area (Å²) in [6.45, 7) is 2.36. The van der Waals surface area contributed by atoms with Crippen LogP contribution < -0.4 is 9.47 Å². The van der Waals surface area contributed by atoms with Gasteiger partial charge >= 0.3 is 0 Å².